The average Bonchev–Trinajstić information content (AvgIpc) is 2.82. The Hall–Kier alpha value is -1.50. The summed E-state index contributed by atoms with van der Waals surface area (Å²) in [6.07, 6.45) is 25.1. The molecular formula is C30H47N. The maximum atomic E-state index is 3.78. The number of anilines is 1. The van der Waals surface area contributed by atoms with E-state index in [0.717, 1.165) is 17.8 Å². The van der Waals surface area contributed by atoms with Crippen molar-refractivity contribution in [2.75, 3.05) is 5.32 Å². The highest BCUT2D eigenvalue weighted by molar-refractivity contribution is 5.58. The summed E-state index contributed by atoms with van der Waals surface area (Å²) in [7, 11) is 0. The Labute approximate surface area is 192 Å². The Morgan fingerprint density at radius 1 is 0.935 bits per heavy atom. The van der Waals surface area contributed by atoms with E-state index in [-0.39, 0.29) is 0 Å². The van der Waals surface area contributed by atoms with Gasteiger partial charge in [-0.3, -0.25) is 0 Å². The van der Waals surface area contributed by atoms with Crippen LogP contribution in [-0.2, 0) is 0 Å². The van der Waals surface area contributed by atoms with Gasteiger partial charge in [-0.2, -0.15) is 0 Å². The summed E-state index contributed by atoms with van der Waals surface area (Å²) in [5.74, 6) is 3.10. The van der Waals surface area contributed by atoms with Gasteiger partial charge >= 0.3 is 0 Å². The first-order valence-corrected chi connectivity index (χ1v) is 13.5. The third kappa shape index (κ3) is 7.26. The molecule has 0 radical (unpaired) electrons. The second-order valence-electron chi connectivity index (χ2n) is 10.2. The van der Waals surface area contributed by atoms with E-state index in [1.54, 1.807) is 0 Å². The molecule has 2 aliphatic rings. The number of benzene rings is 1. The van der Waals surface area contributed by atoms with Crippen LogP contribution in [0.1, 0.15) is 116 Å². The monoisotopic (exact) mass is 421 g/mol. The third-order valence-corrected chi connectivity index (χ3v) is 7.92. The predicted octanol–water partition coefficient (Wildman–Crippen LogP) is 9.63. The minimum absolute atomic E-state index is 0.696. The molecule has 1 saturated carbocycles. The van der Waals surface area contributed by atoms with Crippen LogP contribution in [0.15, 0.2) is 48.2 Å². The molecule has 0 aromatic heterocycles. The number of allylic oxidation sites excluding steroid dienone is 3. The number of para-hydroxylation sites is 1. The minimum Gasteiger partial charge on any atom is -0.356 e. The first-order chi connectivity index (χ1) is 15.2. The summed E-state index contributed by atoms with van der Waals surface area (Å²) in [5, 5.41) is 3.78. The van der Waals surface area contributed by atoms with E-state index < -0.39 is 0 Å². The fourth-order valence-corrected chi connectivity index (χ4v) is 5.88. The molecule has 3 atom stereocenters. The molecule has 172 valence electrons. The smallest absolute Gasteiger partial charge is 0.0419 e. The molecular weight excluding hydrogens is 374 g/mol. The molecule has 0 saturated heterocycles. The van der Waals surface area contributed by atoms with Crippen LogP contribution in [0.5, 0.6) is 0 Å². The lowest BCUT2D eigenvalue weighted by Crippen LogP contribution is -2.21. The summed E-state index contributed by atoms with van der Waals surface area (Å²) in [4.78, 5) is 0. The molecule has 0 bridgehead atoms. The zero-order chi connectivity index (χ0) is 21.9. The number of unbranched alkanes of at least 4 members (excludes halogenated alkanes) is 3. The van der Waals surface area contributed by atoms with E-state index in [1.165, 1.54) is 100 Å². The van der Waals surface area contributed by atoms with Crippen LogP contribution in [0.2, 0.25) is 0 Å². The number of rotatable bonds is 12. The molecule has 1 heteroatoms. The molecule has 3 unspecified atom stereocenters. The molecule has 0 heterocycles. The third-order valence-electron chi connectivity index (χ3n) is 7.92. The van der Waals surface area contributed by atoms with Gasteiger partial charge in [0.25, 0.3) is 0 Å². The maximum absolute atomic E-state index is 3.78. The SMILES string of the molecule is CCCCCCC(CCC)C(C)C1C=CC(Nc2ccccc2C2CCCCC2)=CC1. The lowest BCUT2D eigenvalue weighted by atomic mass is 9.75. The number of hydrogen-bond acceptors (Lipinski definition) is 1. The fourth-order valence-electron chi connectivity index (χ4n) is 5.88. The highest BCUT2D eigenvalue weighted by Gasteiger charge is 2.24. The van der Waals surface area contributed by atoms with Crippen molar-refractivity contribution in [3.05, 3.63) is 53.8 Å². The van der Waals surface area contributed by atoms with Crippen molar-refractivity contribution in [3.8, 4) is 0 Å². The molecule has 31 heavy (non-hydrogen) atoms. The fraction of sp³-hybridized carbons (Fsp3) is 0.667. The molecule has 1 nitrogen and oxygen atoms in total. The van der Waals surface area contributed by atoms with Crippen LogP contribution in [0, 0.1) is 17.8 Å². The standard InChI is InChI=1S/C30H47N/c1-4-6-7-9-15-25(14-5-2)24(3)26-20-22-28(23-21-26)31-30-19-13-12-18-29(30)27-16-10-8-11-17-27/h12-13,18-20,22-27,31H,4-11,14-17,21H2,1-3H3. The van der Waals surface area contributed by atoms with Gasteiger partial charge in [-0.1, -0.05) is 115 Å². The van der Waals surface area contributed by atoms with E-state index >= 15 is 0 Å². The summed E-state index contributed by atoms with van der Waals surface area (Å²) in [6.45, 7) is 7.18. The number of hydrogen-bond donors (Lipinski definition) is 1. The van der Waals surface area contributed by atoms with Crippen molar-refractivity contribution in [1.82, 2.24) is 0 Å². The summed E-state index contributed by atoms with van der Waals surface area (Å²) in [6, 6.07) is 9.03. The number of nitrogens with one attached hydrogen (secondary N) is 1. The van der Waals surface area contributed by atoms with Crippen LogP contribution in [-0.4, -0.2) is 0 Å². The largest absolute Gasteiger partial charge is 0.356 e. The van der Waals surface area contributed by atoms with Crippen molar-refractivity contribution in [1.29, 1.82) is 0 Å². The highest BCUT2D eigenvalue weighted by Crippen LogP contribution is 2.38. The van der Waals surface area contributed by atoms with Gasteiger partial charge in [0.05, 0.1) is 0 Å². The Kier molecular flexibility index (Phi) is 10.2. The van der Waals surface area contributed by atoms with Crippen molar-refractivity contribution < 1.29 is 0 Å². The zero-order valence-electron chi connectivity index (χ0n) is 20.5. The lowest BCUT2D eigenvalue weighted by Gasteiger charge is -2.31. The van der Waals surface area contributed by atoms with E-state index in [1.807, 2.05) is 0 Å². The quantitative estimate of drug-likeness (QED) is 0.331. The van der Waals surface area contributed by atoms with Gasteiger partial charge in [0.1, 0.15) is 0 Å². The molecule has 1 aromatic rings. The molecule has 0 amide bonds. The van der Waals surface area contributed by atoms with Gasteiger partial charge in [-0.25, -0.2) is 0 Å². The maximum Gasteiger partial charge on any atom is 0.0419 e. The Morgan fingerprint density at radius 2 is 1.74 bits per heavy atom. The van der Waals surface area contributed by atoms with Gasteiger partial charge in [0.2, 0.25) is 0 Å². The van der Waals surface area contributed by atoms with Crippen LogP contribution in [0.25, 0.3) is 0 Å². The summed E-state index contributed by atoms with van der Waals surface area (Å²) in [5.41, 5.74) is 4.15. The topological polar surface area (TPSA) is 12.0 Å². The van der Waals surface area contributed by atoms with Crippen molar-refractivity contribution >= 4 is 5.69 Å². The van der Waals surface area contributed by atoms with Crippen molar-refractivity contribution in [2.24, 2.45) is 17.8 Å². The second-order valence-corrected chi connectivity index (χ2v) is 10.2. The van der Waals surface area contributed by atoms with Gasteiger partial charge in [0.15, 0.2) is 0 Å². The summed E-state index contributed by atoms with van der Waals surface area (Å²) < 4.78 is 0. The minimum atomic E-state index is 0.696. The van der Waals surface area contributed by atoms with E-state index in [2.05, 4.69) is 68.6 Å². The lowest BCUT2D eigenvalue weighted by molar-refractivity contribution is 0.246. The molecule has 1 aromatic carbocycles. The highest BCUT2D eigenvalue weighted by atomic mass is 14.9. The van der Waals surface area contributed by atoms with Crippen molar-refractivity contribution in [3.63, 3.8) is 0 Å². The zero-order valence-corrected chi connectivity index (χ0v) is 20.5. The predicted molar refractivity (Wildman–Crippen MR) is 138 cm³/mol. The molecule has 1 fully saturated rings. The molecule has 0 spiro atoms. The van der Waals surface area contributed by atoms with E-state index in [9.17, 15) is 0 Å². The molecule has 0 aliphatic heterocycles. The van der Waals surface area contributed by atoms with Crippen LogP contribution < -0.4 is 5.32 Å². The summed E-state index contributed by atoms with van der Waals surface area (Å²) >= 11 is 0. The first-order valence-electron chi connectivity index (χ1n) is 13.5. The van der Waals surface area contributed by atoms with Gasteiger partial charge < -0.3 is 5.32 Å². The Balaban J connectivity index is 1.57. The average molecular weight is 422 g/mol. The molecule has 1 N–H and O–H groups in total. The van der Waals surface area contributed by atoms with Crippen LogP contribution in [0.3, 0.4) is 0 Å². The Bertz CT molecular complexity index is 694. The van der Waals surface area contributed by atoms with Gasteiger partial charge in [0, 0.05) is 11.4 Å². The van der Waals surface area contributed by atoms with Crippen LogP contribution >= 0.6 is 0 Å². The van der Waals surface area contributed by atoms with Crippen molar-refractivity contribution in [2.45, 2.75) is 110 Å². The van der Waals surface area contributed by atoms with Gasteiger partial charge in [-0.15, -0.1) is 0 Å². The molecule has 2 aliphatic carbocycles. The second kappa shape index (κ2) is 13.1. The Morgan fingerprint density at radius 3 is 2.45 bits per heavy atom. The normalized spacial score (nSPS) is 21.5. The van der Waals surface area contributed by atoms with Crippen LogP contribution in [0.4, 0.5) is 5.69 Å². The van der Waals surface area contributed by atoms with E-state index in [4.69, 9.17) is 0 Å². The first kappa shape index (κ1) is 24.1. The molecule has 3 rings (SSSR count). The van der Waals surface area contributed by atoms with E-state index in [0.29, 0.717) is 5.92 Å². The van der Waals surface area contributed by atoms with Gasteiger partial charge in [-0.05, 0) is 60.6 Å².